The molecule has 0 amide bonds. The van der Waals surface area contributed by atoms with Gasteiger partial charge in [0.1, 0.15) is 0 Å². The van der Waals surface area contributed by atoms with Crippen LogP contribution in [0.1, 0.15) is 12.5 Å². The Kier molecular flexibility index (Phi) is 4.93. The molecule has 2 aromatic carbocycles. The van der Waals surface area contributed by atoms with E-state index in [-0.39, 0.29) is 17.1 Å². The average molecular weight is 311 g/mol. The molecule has 0 aliphatic heterocycles. The highest BCUT2D eigenvalue weighted by Crippen LogP contribution is 2.22. The van der Waals surface area contributed by atoms with Gasteiger partial charge in [0.15, 0.2) is 17.2 Å². The number of azo groups is 1. The van der Waals surface area contributed by atoms with Crippen molar-refractivity contribution in [1.29, 1.82) is 0 Å². The summed E-state index contributed by atoms with van der Waals surface area (Å²) in [5.74, 6) is -0.722. The smallest absolute Gasteiger partial charge is 0.269 e. The normalized spacial score (nSPS) is 12.0. The molecule has 0 spiro atoms. The molecule has 7 heteroatoms. The van der Waals surface area contributed by atoms with Crippen LogP contribution in [-0.2, 0) is 4.79 Å². The molecule has 0 heterocycles. The zero-order chi connectivity index (χ0) is 16.8. The number of aliphatic hydroxyl groups is 1. The summed E-state index contributed by atoms with van der Waals surface area (Å²) in [5.41, 5.74) is 0.517. The number of nitro groups is 1. The second-order valence-corrected chi connectivity index (χ2v) is 4.59. The van der Waals surface area contributed by atoms with Crippen molar-refractivity contribution < 1.29 is 14.8 Å². The Balaban J connectivity index is 2.33. The molecule has 0 unspecified atom stereocenters. The van der Waals surface area contributed by atoms with Crippen molar-refractivity contribution in [1.82, 2.24) is 0 Å². The summed E-state index contributed by atoms with van der Waals surface area (Å²) in [6.07, 6.45) is 0. The van der Waals surface area contributed by atoms with Gasteiger partial charge in [0.25, 0.3) is 5.69 Å². The third kappa shape index (κ3) is 4.07. The molecule has 2 aromatic rings. The second kappa shape index (κ2) is 7.08. The Morgan fingerprint density at radius 1 is 1.09 bits per heavy atom. The van der Waals surface area contributed by atoms with E-state index in [4.69, 9.17) is 0 Å². The van der Waals surface area contributed by atoms with Crippen LogP contribution in [-0.4, -0.2) is 15.8 Å². The fourth-order valence-electron chi connectivity index (χ4n) is 1.77. The predicted molar refractivity (Wildman–Crippen MR) is 84.3 cm³/mol. The van der Waals surface area contributed by atoms with Crippen molar-refractivity contribution in [2.75, 3.05) is 0 Å². The standard InChI is InChI=1S/C16H13N3O4/c1-11(20)15(16(21)12-5-3-2-4-6-12)18-17-13-7-9-14(10-8-13)19(22)23/h2-10,21H,1H3/b16-15+,18-17?. The monoisotopic (exact) mass is 311 g/mol. The van der Waals surface area contributed by atoms with Gasteiger partial charge in [0.2, 0.25) is 0 Å². The molecular weight excluding hydrogens is 298 g/mol. The van der Waals surface area contributed by atoms with E-state index in [0.29, 0.717) is 11.3 Å². The maximum Gasteiger partial charge on any atom is 0.269 e. The van der Waals surface area contributed by atoms with Gasteiger partial charge in [-0.25, -0.2) is 0 Å². The number of hydrogen-bond acceptors (Lipinski definition) is 6. The van der Waals surface area contributed by atoms with Crippen LogP contribution in [0.4, 0.5) is 11.4 Å². The number of carbonyl (C=O) groups excluding carboxylic acids is 1. The molecule has 0 aliphatic rings. The molecular formula is C16H13N3O4. The minimum Gasteiger partial charge on any atom is -0.505 e. The summed E-state index contributed by atoms with van der Waals surface area (Å²) >= 11 is 0. The number of Topliss-reactive ketones (excluding diaryl/α,β-unsaturated/α-hetero) is 1. The molecule has 0 aliphatic carbocycles. The van der Waals surface area contributed by atoms with E-state index in [1.165, 1.54) is 31.2 Å². The van der Waals surface area contributed by atoms with Gasteiger partial charge in [-0.2, -0.15) is 5.11 Å². The molecule has 0 aromatic heterocycles. The summed E-state index contributed by atoms with van der Waals surface area (Å²) in [7, 11) is 0. The highest BCUT2D eigenvalue weighted by molar-refractivity contribution is 5.99. The third-order valence-corrected chi connectivity index (χ3v) is 2.93. The van der Waals surface area contributed by atoms with Gasteiger partial charge in [-0.05, 0) is 12.1 Å². The third-order valence-electron chi connectivity index (χ3n) is 2.93. The first-order chi connectivity index (χ1) is 11.0. The molecule has 0 fully saturated rings. The molecule has 2 rings (SSSR count). The number of allylic oxidation sites excluding steroid dienone is 1. The predicted octanol–water partition coefficient (Wildman–Crippen LogP) is 4.19. The second-order valence-electron chi connectivity index (χ2n) is 4.59. The van der Waals surface area contributed by atoms with Gasteiger partial charge in [-0.3, -0.25) is 14.9 Å². The largest absolute Gasteiger partial charge is 0.505 e. The molecule has 0 saturated carbocycles. The first kappa shape index (κ1) is 16.0. The number of nitrogens with zero attached hydrogens (tertiary/aromatic N) is 3. The molecule has 0 radical (unpaired) electrons. The molecule has 7 nitrogen and oxygen atoms in total. The van der Waals surface area contributed by atoms with Crippen LogP contribution in [0.25, 0.3) is 5.76 Å². The van der Waals surface area contributed by atoms with Gasteiger partial charge >= 0.3 is 0 Å². The number of nitro benzene ring substituents is 1. The fourth-order valence-corrected chi connectivity index (χ4v) is 1.77. The van der Waals surface area contributed by atoms with Crippen LogP contribution in [0.15, 0.2) is 70.5 Å². The van der Waals surface area contributed by atoms with Crippen LogP contribution >= 0.6 is 0 Å². The zero-order valence-corrected chi connectivity index (χ0v) is 12.2. The van der Waals surface area contributed by atoms with Crippen LogP contribution in [0.5, 0.6) is 0 Å². The van der Waals surface area contributed by atoms with Gasteiger partial charge in [-0.15, -0.1) is 5.11 Å². The van der Waals surface area contributed by atoms with E-state index in [1.54, 1.807) is 30.3 Å². The van der Waals surface area contributed by atoms with Crippen LogP contribution in [0.3, 0.4) is 0 Å². The van der Waals surface area contributed by atoms with Gasteiger partial charge in [0.05, 0.1) is 10.6 Å². The van der Waals surface area contributed by atoms with Crippen molar-refractivity contribution in [2.45, 2.75) is 6.92 Å². The Hall–Kier alpha value is -3.35. The average Bonchev–Trinajstić information content (AvgIpc) is 2.55. The van der Waals surface area contributed by atoms with E-state index < -0.39 is 10.7 Å². The molecule has 0 bridgehead atoms. The highest BCUT2D eigenvalue weighted by Gasteiger charge is 2.12. The van der Waals surface area contributed by atoms with E-state index in [2.05, 4.69) is 10.2 Å². The van der Waals surface area contributed by atoms with Gasteiger partial charge in [0, 0.05) is 24.6 Å². The lowest BCUT2D eigenvalue weighted by molar-refractivity contribution is -0.384. The highest BCUT2D eigenvalue weighted by atomic mass is 16.6. The zero-order valence-electron chi connectivity index (χ0n) is 12.2. The summed E-state index contributed by atoms with van der Waals surface area (Å²) in [6, 6.07) is 13.9. The lowest BCUT2D eigenvalue weighted by Gasteiger charge is -2.03. The minimum absolute atomic E-state index is 0.0709. The Morgan fingerprint density at radius 3 is 2.22 bits per heavy atom. The van der Waals surface area contributed by atoms with Crippen molar-refractivity contribution >= 4 is 22.9 Å². The Bertz CT molecular complexity index is 781. The van der Waals surface area contributed by atoms with Gasteiger partial charge in [-0.1, -0.05) is 30.3 Å². The topological polar surface area (TPSA) is 105 Å². The van der Waals surface area contributed by atoms with E-state index in [0.717, 1.165) is 0 Å². The minimum atomic E-state index is -0.525. The number of ketones is 1. The summed E-state index contributed by atoms with van der Waals surface area (Å²) in [4.78, 5) is 21.7. The van der Waals surface area contributed by atoms with Crippen molar-refractivity contribution in [3.8, 4) is 0 Å². The van der Waals surface area contributed by atoms with E-state index in [1.807, 2.05) is 0 Å². The summed E-state index contributed by atoms with van der Waals surface area (Å²) in [5, 5.41) is 28.4. The lowest BCUT2D eigenvalue weighted by atomic mass is 10.1. The number of carbonyl (C=O) groups is 1. The van der Waals surface area contributed by atoms with Crippen LogP contribution in [0, 0.1) is 10.1 Å². The molecule has 116 valence electrons. The number of rotatable bonds is 5. The van der Waals surface area contributed by atoms with Crippen molar-refractivity contribution in [3.05, 3.63) is 76.0 Å². The molecule has 1 N–H and O–H groups in total. The fraction of sp³-hybridized carbons (Fsp3) is 0.0625. The maximum absolute atomic E-state index is 11.7. The number of non-ortho nitro benzene ring substituents is 1. The number of hydrogen-bond donors (Lipinski definition) is 1. The van der Waals surface area contributed by atoms with E-state index >= 15 is 0 Å². The summed E-state index contributed by atoms with van der Waals surface area (Å²) in [6.45, 7) is 1.27. The van der Waals surface area contributed by atoms with Crippen LogP contribution < -0.4 is 0 Å². The Morgan fingerprint density at radius 2 is 1.70 bits per heavy atom. The van der Waals surface area contributed by atoms with Crippen molar-refractivity contribution in [3.63, 3.8) is 0 Å². The molecule has 23 heavy (non-hydrogen) atoms. The van der Waals surface area contributed by atoms with Gasteiger partial charge < -0.3 is 5.11 Å². The SMILES string of the molecule is CC(=O)/C(N=Nc1ccc([N+](=O)[O-])cc1)=C(\O)c1ccccc1. The quantitative estimate of drug-likeness (QED) is 0.294. The Labute approximate surface area is 131 Å². The van der Waals surface area contributed by atoms with Crippen LogP contribution in [0.2, 0.25) is 0 Å². The number of benzene rings is 2. The van der Waals surface area contributed by atoms with E-state index in [9.17, 15) is 20.0 Å². The molecule has 0 saturated heterocycles. The first-order valence-electron chi connectivity index (χ1n) is 6.65. The maximum atomic E-state index is 11.7. The number of aliphatic hydroxyl groups excluding tert-OH is 1. The molecule has 0 atom stereocenters. The summed E-state index contributed by atoms with van der Waals surface area (Å²) < 4.78 is 0. The van der Waals surface area contributed by atoms with Crippen molar-refractivity contribution in [2.24, 2.45) is 10.2 Å². The first-order valence-corrected chi connectivity index (χ1v) is 6.65. The lowest BCUT2D eigenvalue weighted by Crippen LogP contribution is -1.98.